The van der Waals surface area contributed by atoms with E-state index in [0.717, 1.165) is 10.7 Å². The molecule has 1 aromatic carbocycles. The van der Waals surface area contributed by atoms with E-state index in [1.807, 2.05) is 0 Å². The molecule has 7 heteroatoms. The molecule has 0 saturated heterocycles. The highest BCUT2D eigenvalue weighted by Gasteiger charge is 2.21. The van der Waals surface area contributed by atoms with Gasteiger partial charge < -0.3 is 15.8 Å². The lowest BCUT2D eigenvalue weighted by Gasteiger charge is -2.16. The number of nitrogen functional groups attached to an aromatic ring is 1. The van der Waals surface area contributed by atoms with Gasteiger partial charge in [0.05, 0.1) is 24.6 Å². The highest BCUT2D eigenvalue weighted by molar-refractivity contribution is 7.89. The maximum Gasteiger partial charge on any atom is 0.244 e. The highest BCUT2D eigenvalue weighted by Crippen LogP contribution is 2.27. The van der Waals surface area contributed by atoms with Crippen molar-refractivity contribution in [2.45, 2.75) is 11.3 Å². The Bertz CT molecular complexity index is 571. The molecule has 0 atom stereocenters. The highest BCUT2D eigenvalue weighted by atomic mass is 32.2. The van der Waals surface area contributed by atoms with Gasteiger partial charge in [-0.1, -0.05) is 12.1 Å². The summed E-state index contributed by atoms with van der Waals surface area (Å²) in [7, 11) is -0.598. The van der Waals surface area contributed by atoms with Crippen LogP contribution in [0.3, 0.4) is 0 Å². The van der Waals surface area contributed by atoms with Crippen molar-refractivity contribution >= 4 is 21.4 Å². The van der Waals surface area contributed by atoms with Crippen LogP contribution >= 0.6 is 0 Å². The second kappa shape index (κ2) is 8.02. The minimum absolute atomic E-state index is 0.102. The van der Waals surface area contributed by atoms with Gasteiger partial charge in [0, 0.05) is 20.6 Å². The number of nitrogens with zero attached hydrogens (tertiary/aromatic N) is 1. The molecule has 0 fully saturated rings. The van der Waals surface area contributed by atoms with E-state index in [2.05, 4.69) is 11.9 Å². The van der Waals surface area contributed by atoms with Gasteiger partial charge >= 0.3 is 0 Å². The lowest BCUT2D eigenvalue weighted by molar-refractivity contribution is 0.149. The molecule has 21 heavy (non-hydrogen) atoms. The molecule has 0 aliphatic carbocycles. The topological polar surface area (TPSA) is 84.7 Å². The van der Waals surface area contributed by atoms with Crippen LogP contribution < -0.4 is 11.1 Å². The number of nitrogens with two attached hydrogens (primary N) is 1. The Morgan fingerprint density at radius 3 is 2.71 bits per heavy atom. The SMILES string of the molecule is C=CCCOCCNc1cccc(S(=O)(=O)N(C)C)c1N. The largest absolute Gasteiger partial charge is 0.396 e. The van der Waals surface area contributed by atoms with Gasteiger partial charge in [-0.25, -0.2) is 12.7 Å². The number of ether oxygens (including phenoxy) is 1. The smallest absolute Gasteiger partial charge is 0.244 e. The fourth-order valence-corrected chi connectivity index (χ4v) is 2.68. The number of nitrogens with one attached hydrogen (secondary N) is 1. The zero-order valence-electron chi connectivity index (χ0n) is 12.5. The number of rotatable bonds is 9. The van der Waals surface area contributed by atoms with Gasteiger partial charge in [-0.05, 0) is 18.6 Å². The van der Waals surface area contributed by atoms with Crippen molar-refractivity contribution in [2.75, 3.05) is 44.9 Å². The Morgan fingerprint density at radius 1 is 1.38 bits per heavy atom. The van der Waals surface area contributed by atoms with Crippen molar-refractivity contribution in [3.8, 4) is 0 Å². The summed E-state index contributed by atoms with van der Waals surface area (Å²) in [5.74, 6) is 0. The first-order chi connectivity index (χ1) is 9.91. The van der Waals surface area contributed by atoms with Crippen LogP contribution in [0.2, 0.25) is 0 Å². The molecule has 0 bridgehead atoms. The number of sulfonamides is 1. The van der Waals surface area contributed by atoms with Crippen LogP contribution in [0.25, 0.3) is 0 Å². The first-order valence-corrected chi connectivity index (χ1v) is 8.08. The minimum Gasteiger partial charge on any atom is -0.396 e. The van der Waals surface area contributed by atoms with Crippen LogP contribution in [-0.2, 0) is 14.8 Å². The number of benzene rings is 1. The molecule has 6 nitrogen and oxygen atoms in total. The van der Waals surface area contributed by atoms with Crippen molar-refractivity contribution in [1.82, 2.24) is 4.31 Å². The van der Waals surface area contributed by atoms with Gasteiger partial charge in [0.15, 0.2) is 0 Å². The van der Waals surface area contributed by atoms with Gasteiger partial charge in [0.2, 0.25) is 10.0 Å². The van der Waals surface area contributed by atoms with E-state index >= 15 is 0 Å². The van der Waals surface area contributed by atoms with Crippen molar-refractivity contribution < 1.29 is 13.2 Å². The number of para-hydroxylation sites is 1. The zero-order valence-corrected chi connectivity index (χ0v) is 13.3. The van der Waals surface area contributed by atoms with E-state index in [1.165, 1.54) is 20.2 Å². The normalized spacial score (nSPS) is 11.6. The van der Waals surface area contributed by atoms with E-state index in [9.17, 15) is 8.42 Å². The number of anilines is 2. The van der Waals surface area contributed by atoms with Crippen LogP contribution in [0, 0.1) is 0 Å². The second-order valence-electron chi connectivity index (χ2n) is 4.62. The fraction of sp³-hybridized carbons (Fsp3) is 0.429. The van der Waals surface area contributed by atoms with Gasteiger partial charge in [0.25, 0.3) is 0 Å². The van der Waals surface area contributed by atoms with Gasteiger partial charge in [-0.3, -0.25) is 0 Å². The summed E-state index contributed by atoms with van der Waals surface area (Å²) >= 11 is 0. The van der Waals surface area contributed by atoms with E-state index < -0.39 is 10.0 Å². The molecule has 0 aliphatic rings. The summed E-state index contributed by atoms with van der Waals surface area (Å²) in [6.45, 7) is 5.29. The Balaban J connectivity index is 2.71. The van der Waals surface area contributed by atoms with Gasteiger partial charge in [0.1, 0.15) is 4.90 Å². The summed E-state index contributed by atoms with van der Waals surface area (Å²) in [5.41, 5.74) is 6.76. The monoisotopic (exact) mass is 313 g/mol. The van der Waals surface area contributed by atoms with Gasteiger partial charge in [-0.2, -0.15) is 0 Å². The molecule has 0 unspecified atom stereocenters. The fourth-order valence-electron chi connectivity index (χ4n) is 1.65. The van der Waals surface area contributed by atoms with E-state index in [0.29, 0.717) is 25.4 Å². The molecule has 1 aromatic rings. The summed E-state index contributed by atoms with van der Waals surface area (Å²) in [6, 6.07) is 4.90. The molecule has 0 saturated carbocycles. The lowest BCUT2D eigenvalue weighted by Crippen LogP contribution is -2.23. The number of hydrogen-bond donors (Lipinski definition) is 2. The maximum absolute atomic E-state index is 12.1. The van der Waals surface area contributed by atoms with E-state index in [-0.39, 0.29) is 10.6 Å². The molecule has 1 rings (SSSR count). The Morgan fingerprint density at radius 2 is 2.10 bits per heavy atom. The maximum atomic E-state index is 12.1. The molecular weight excluding hydrogens is 290 g/mol. The zero-order chi connectivity index (χ0) is 15.9. The first-order valence-electron chi connectivity index (χ1n) is 6.64. The Labute approximate surface area is 126 Å². The third kappa shape index (κ3) is 4.73. The van der Waals surface area contributed by atoms with Crippen LogP contribution in [0.5, 0.6) is 0 Å². The quantitative estimate of drug-likeness (QED) is 0.410. The molecule has 0 spiro atoms. The van der Waals surface area contributed by atoms with Crippen LogP contribution in [-0.4, -0.2) is 46.6 Å². The van der Waals surface area contributed by atoms with E-state index in [4.69, 9.17) is 10.5 Å². The summed E-state index contributed by atoms with van der Waals surface area (Å²) in [5, 5.41) is 3.08. The molecule has 3 N–H and O–H groups in total. The second-order valence-corrected chi connectivity index (χ2v) is 6.74. The predicted molar refractivity (Wildman–Crippen MR) is 85.8 cm³/mol. The molecule has 0 radical (unpaired) electrons. The van der Waals surface area contributed by atoms with Crippen LogP contribution in [0.15, 0.2) is 35.7 Å². The van der Waals surface area contributed by atoms with Crippen molar-refractivity contribution in [1.29, 1.82) is 0 Å². The van der Waals surface area contributed by atoms with E-state index in [1.54, 1.807) is 18.2 Å². The third-order valence-corrected chi connectivity index (χ3v) is 4.73. The van der Waals surface area contributed by atoms with Crippen LogP contribution in [0.1, 0.15) is 6.42 Å². The third-order valence-electron chi connectivity index (χ3n) is 2.85. The van der Waals surface area contributed by atoms with Gasteiger partial charge in [-0.15, -0.1) is 6.58 Å². The standard InChI is InChI=1S/C14H23N3O3S/c1-4-5-10-20-11-9-16-12-7-6-8-13(14(12)15)21(18,19)17(2)3/h4,6-8,16H,1,5,9-11,15H2,2-3H3. The number of hydrogen-bond acceptors (Lipinski definition) is 5. The summed E-state index contributed by atoms with van der Waals surface area (Å²) < 4.78 is 30.8. The average molecular weight is 313 g/mol. The lowest BCUT2D eigenvalue weighted by atomic mass is 10.2. The van der Waals surface area contributed by atoms with Crippen molar-refractivity contribution in [2.24, 2.45) is 0 Å². The Kier molecular flexibility index (Phi) is 6.67. The van der Waals surface area contributed by atoms with Crippen molar-refractivity contribution in [3.63, 3.8) is 0 Å². The van der Waals surface area contributed by atoms with Crippen molar-refractivity contribution in [3.05, 3.63) is 30.9 Å². The molecule has 0 aliphatic heterocycles. The molecule has 0 amide bonds. The predicted octanol–water partition coefficient (Wildman–Crippen LogP) is 1.52. The minimum atomic E-state index is -3.55. The Hall–Kier alpha value is -1.57. The first kappa shape index (κ1) is 17.5. The van der Waals surface area contributed by atoms with Crippen LogP contribution in [0.4, 0.5) is 11.4 Å². The molecule has 118 valence electrons. The molecule has 0 aromatic heterocycles. The summed E-state index contributed by atoms with van der Waals surface area (Å²) in [6.07, 6.45) is 2.60. The summed E-state index contributed by atoms with van der Waals surface area (Å²) in [4.78, 5) is 0.102. The molecule has 0 heterocycles. The average Bonchev–Trinajstić information content (AvgIpc) is 2.43. The molecular formula is C14H23N3O3S.